The summed E-state index contributed by atoms with van der Waals surface area (Å²) < 4.78 is 1.63. The van der Waals surface area contributed by atoms with Crippen LogP contribution in [0.2, 0.25) is 0 Å². The number of nitrogens with zero attached hydrogens (tertiary/aromatic N) is 5. The molecule has 1 aliphatic rings. The number of benzene rings is 1. The summed E-state index contributed by atoms with van der Waals surface area (Å²) >= 11 is 0. The third-order valence-corrected chi connectivity index (χ3v) is 4.58. The van der Waals surface area contributed by atoms with Crippen LogP contribution in [0, 0.1) is 0 Å². The molecule has 25 heavy (non-hydrogen) atoms. The molecule has 0 spiro atoms. The van der Waals surface area contributed by atoms with Gasteiger partial charge in [0.25, 0.3) is 0 Å². The molecule has 3 heterocycles. The molecule has 0 amide bonds. The molecule has 1 aliphatic heterocycles. The van der Waals surface area contributed by atoms with E-state index in [0.717, 1.165) is 55.0 Å². The van der Waals surface area contributed by atoms with Crippen LogP contribution in [-0.4, -0.2) is 52.5 Å². The van der Waals surface area contributed by atoms with E-state index in [9.17, 15) is 4.79 Å². The molecule has 1 fully saturated rings. The van der Waals surface area contributed by atoms with Gasteiger partial charge in [-0.1, -0.05) is 18.2 Å². The lowest BCUT2D eigenvalue weighted by molar-refractivity contribution is -0.129. The highest BCUT2D eigenvalue weighted by Crippen LogP contribution is 2.21. The van der Waals surface area contributed by atoms with Gasteiger partial charge in [0.05, 0.1) is 29.3 Å². The first-order valence-corrected chi connectivity index (χ1v) is 8.29. The first kappa shape index (κ1) is 15.6. The van der Waals surface area contributed by atoms with Crippen LogP contribution < -0.4 is 9.74 Å². The predicted molar refractivity (Wildman–Crippen MR) is 94.1 cm³/mol. The molecule has 0 saturated carbocycles. The summed E-state index contributed by atoms with van der Waals surface area (Å²) in [6, 6.07) is 12.0. The van der Waals surface area contributed by atoms with Crippen molar-refractivity contribution in [1.29, 1.82) is 0 Å². The molecular weight excluding hydrogens is 318 g/mol. The Hall–Kier alpha value is -2.93. The number of aromatic nitrogens is 3. The molecule has 3 aromatic rings. The van der Waals surface area contributed by atoms with Gasteiger partial charge < -0.3 is 9.74 Å². The second kappa shape index (κ2) is 6.90. The number of anilines is 1. The van der Waals surface area contributed by atoms with Crippen LogP contribution in [0.3, 0.4) is 0 Å². The van der Waals surface area contributed by atoms with Crippen LogP contribution in [0.15, 0.2) is 48.8 Å². The largest absolute Gasteiger partial charge is 0.368 e. The number of hydrogen-bond acceptors (Lipinski definition) is 6. The second-order valence-corrected chi connectivity index (χ2v) is 6.05. The second-order valence-electron chi connectivity index (χ2n) is 6.05. The van der Waals surface area contributed by atoms with Gasteiger partial charge in [0.2, 0.25) is 0 Å². The van der Waals surface area contributed by atoms with Gasteiger partial charge in [0.15, 0.2) is 0 Å². The Morgan fingerprint density at radius 3 is 2.68 bits per heavy atom. The molecule has 0 N–H and O–H groups in total. The van der Waals surface area contributed by atoms with Gasteiger partial charge in [-0.15, -0.1) is 0 Å². The Balaban J connectivity index is 1.47. The quantitative estimate of drug-likeness (QED) is 0.655. The zero-order valence-electron chi connectivity index (χ0n) is 13.8. The fourth-order valence-electron chi connectivity index (χ4n) is 3.33. The van der Waals surface area contributed by atoms with Gasteiger partial charge in [-0.05, 0) is 18.2 Å². The molecule has 1 aromatic carbocycles. The Labute approximate surface area is 145 Å². The van der Waals surface area contributed by atoms with Crippen LogP contribution in [-0.2, 0) is 11.3 Å². The monoisotopic (exact) mass is 337 g/mol. The van der Waals surface area contributed by atoms with Crippen LogP contribution in [0.25, 0.3) is 10.9 Å². The summed E-state index contributed by atoms with van der Waals surface area (Å²) in [6.07, 6.45) is 3.52. The molecule has 7 heteroatoms. The van der Waals surface area contributed by atoms with Crippen LogP contribution >= 0.6 is 0 Å². The average molecular weight is 337 g/mol. The van der Waals surface area contributed by atoms with E-state index in [1.165, 1.54) is 0 Å². The Morgan fingerprint density at radius 2 is 1.92 bits per heavy atom. The maximum Gasteiger partial charge on any atom is 0.321 e. The molecule has 0 atom stereocenters. The zero-order chi connectivity index (χ0) is 17.1. The third-order valence-electron chi connectivity index (χ3n) is 4.58. The number of fused-ring (bicyclic) bond motifs is 1. The van der Waals surface area contributed by atoms with E-state index in [1.807, 2.05) is 30.3 Å². The molecule has 0 unspecified atom stereocenters. The van der Waals surface area contributed by atoms with Crippen molar-refractivity contribution in [3.63, 3.8) is 0 Å². The highest BCUT2D eigenvalue weighted by molar-refractivity contribution is 5.81. The van der Waals surface area contributed by atoms with Crippen molar-refractivity contribution in [3.8, 4) is 0 Å². The maximum atomic E-state index is 10.9. The molecule has 7 nitrogen and oxygen atoms in total. The van der Waals surface area contributed by atoms with Crippen LogP contribution in [0.4, 0.5) is 5.69 Å². The van der Waals surface area contributed by atoms with Crippen molar-refractivity contribution in [2.24, 2.45) is 0 Å². The lowest BCUT2D eigenvalue weighted by Gasteiger charge is -2.35. The number of piperazine rings is 1. The van der Waals surface area contributed by atoms with Crippen molar-refractivity contribution < 1.29 is 9.63 Å². The highest BCUT2D eigenvalue weighted by atomic mass is 16.7. The van der Waals surface area contributed by atoms with Crippen molar-refractivity contribution >= 4 is 23.1 Å². The van der Waals surface area contributed by atoms with Crippen molar-refractivity contribution in [2.45, 2.75) is 6.54 Å². The summed E-state index contributed by atoms with van der Waals surface area (Å²) in [5.74, 6) is 0. The Kier molecular flexibility index (Phi) is 4.30. The molecule has 1 saturated heterocycles. The molecule has 0 aliphatic carbocycles. The van der Waals surface area contributed by atoms with Gasteiger partial charge in [0, 0.05) is 38.1 Å². The van der Waals surface area contributed by atoms with E-state index in [0.29, 0.717) is 6.47 Å². The number of hydrogen-bond donors (Lipinski definition) is 0. The summed E-state index contributed by atoms with van der Waals surface area (Å²) in [7, 11) is 0. The Bertz CT molecular complexity index is 856. The molecule has 2 aromatic heterocycles. The van der Waals surface area contributed by atoms with Gasteiger partial charge in [-0.2, -0.15) is 14.9 Å². The smallest absolute Gasteiger partial charge is 0.321 e. The molecular formula is C18H19N5O2. The first-order valence-electron chi connectivity index (χ1n) is 8.29. The lowest BCUT2D eigenvalue weighted by atomic mass is 10.2. The molecule has 0 radical (unpaired) electrons. The standard InChI is InChI=1S/C18H19N5O2/c24-14-25-23-17(11-15-3-1-2-4-18(15)23)13-21-7-9-22(10-8-21)16-5-6-19-20-12-16/h1-6,11-12,14H,7-10,13H2. The van der Waals surface area contributed by atoms with Crippen LogP contribution in [0.1, 0.15) is 5.69 Å². The number of carbonyl (C=O) groups excluding carboxylic acids is 1. The number of rotatable bonds is 5. The predicted octanol–water partition coefficient (Wildman–Crippen LogP) is 1.34. The van der Waals surface area contributed by atoms with E-state index in [4.69, 9.17) is 4.84 Å². The SMILES string of the molecule is O=COn1c(CN2CCN(c3ccnnc3)CC2)cc2ccccc21. The van der Waals surface area contributed by atoms with E-state index < -0.39 is 0 Å². The van der Waals surface area contributed by atoms with Crippen molar-refractivity contribution in [2.75, 3.05) is 31.1 Å². The van der Waals surface area contributed by atoms with E-state index in [-0.39, 0.29) is 0 Å². The van der Waals surface area contributed by atoms with Crippen molar-refractivity contribution in [3.05, 3.63) is 54.5 Å². The fourth-order valence-corrected chi connectivity index (χ4v) is 3.33. The summed E-state index contributed by atoms with van der Waals surface area (Å²) in [6.45, 7) is 4.95. The van der Waals surface area contributed by atoms with Crippen molar-refractivity contribution in [1.82, 2.24) is 19.8 Å². The lowest BCUT2D eigenvalue weighted by Crippen LogP contribution is -2.46. The minimum absolute atomic E-state index is 0.477. The first-order chi connectivity index (χ1) is 12.3. The highest BCUT2D eigenvalue weighted by Gasteiger charge is 2.20. The summed E-state index contributed by atoms with van der Waals surface area (Å²) in [4.78, 5) is 20.8. The normalized spacial score (nSPS) is 15.4. The maximum absolute atomic E-state index is 10.9. The van der Waals surface area contributed by atoms with Gasteiger partial charge >= 0.3 is 6.47 Å². The van der Waals surface area contributed by atoms with E-state index in [2.05, 4.69) is 26.1 Å². The molecule has 4 rings (SSSR count). The van der Waals surface area contributed by atoms with E-state index in [1.54, 1.807) is 17.1 Å². The van der Waals surface area contributed by atoms with E-state index >= 15 is 0 Å². The summed E-state index contributed by atoms with van der Waals surface area (Å²) in [5, 5.41) is 8.84. The zero-order valence-corrected chi connectivity index (χ0v) is 13.8. The number of carbonyl (C=O) groups is 1. The summed E-state index contributed by atoms with van der Waals surface area (Å²) in [5.41, 5.74) is 2.99. The van der Waals surface area contributed by atoms with Gasteiger partial charge in [-0.25, -0.2) is 0 Å². The average Bonchev–Trinajstić information content (AvgIpc) is 3.01. The molecule has 128 valence electrons. The van der Waals surface area contributed by atoms with Gasteiger partial charge in [-0.3, -0.25) is 9.69 Å². The minimum atomic E-state index is 0.477. The minimum Gasteiger partial charge on any atom is -0.368 e. The Morgan fingerprint density at radius 1 is 1.08 bits per heavy atom. The van der Waals surface area contributed by atoms with Gasteiger partial charge in [0.1, 0.15) is 0 Å². The molecule has 0 bridgehead atoms. The number of para-hydroxylation sites is 1. The van der Waals surface area contributed by atoms with Crippen LogP contribution in [0.5, 0.6) is 0 Å². The third kappa shape index (κ3) is 3.18. The topological polar surface area (TPSA) is 63.5 Å². The fraction of sp³-hybridized carbons (Fsp3) is 0.278.